The van der Waals surface area contributed by atoms with Crippen LogP contribution in [-0.4, -0.2) is 18.0 Å². The van der Waals surface area contributed by atoms with Crippen LogP contribution in [-0.2, 0) is 9.53 Å². The predicted octanol–water partition coefficient (Wildman–Crippen LogP) is 3.41. The number of halogens is 1. The van der Waals surface area contributed by atoms with Crippen molar-refractivity contribution in [2.24, 2.45) is 0 Å². The first kappa shape index (κ1) is 16.8. The average molecular weight is 333 g/mol. The number of carbonyl (C=O) groups excluding carboxylic acids is 2. The second kappa shape index (κ2) is 7.15. The quantitative estimate of drug-likeness (QED) is 0.664. The first-order valence-corrected chi connectivity index (χ1v) is 7.38. The fourth-order valence-corrected chi connectivity index (χ4v) is 2.04. The minimum absolute atomic E-state index is 0.238. The van der Waals surface area contributed by atoms with E-state index in [4.69, 9.17) is 22.1 Å². The Morgan fingerprint density at radius 2 is 1.96 bits per heavy atom. The molecule has 0 fully saturated rings. The highest BCUT2D eigenvalue weighted by Crippen LogP contribution is 2.20. The van der Waals surface area contributed by atoms with Gasteiger partial charge in [0.05, 0.1) is 16.3 Å². The van der Waals surface area contributed by atoms with Gasteiger partial charge in [-0.05, 0) is 49.7 Å². The molecule has 5 nitrogen and oxygen atoms in total. The maximum Gasteiger partial charge on any atom is 0.338 e. The number of hydrogen-bond donors (Lipinski definition) is 2. The standard InChI is InChI=1S/C17H17ClN2O3/c1-10-4-3-5-13(8-10)20-16(21)11(2)23-17(22)12-6-7-14(18)15(19)9-12/h3-9,11H,19H2,1-2H3,(H,20,21)/t11-/m1/s1. The molecule has 23 heavy (non-hydrogen) atoms. The summed E-state index contributed by atoms with van der Waals surface area (Å²) < 4.78 is 5.15. The molecule has 3 N–H and O–H groups in total. The van der Waals surface area contributed by atoms with Crippen molar-refractivity contribution >= 4 is 34.9 Å². The van der Waals surface area contributed by atoms with E-state index in [1.165, 1.54) is 25.1 Å². The Balaban J connectivity index is 2.00. The van der Waals surface area contributed by atoms with Crippen LogP contribution in [0.2, 0.25) is 5.02 Å². The minimum atomic E-state index is -0.945. The molecule has 1 amide bonds. The molecule has 0 unspecified atom stereocenters. The van der Waals surface area contributed by atoms with Gasteiger partial charge in [0.2, 0.25) is 0 Å². The summed E-state index contributed by atoms with van der Waals surface area (Å²) in [6, 6.07) is 11.8. The molecule has 1 atom stereocenters. The third-order valence-corrected chi connectivity index (χ3v) is 3.51. The van der Waals surface area contributed by atoms with Gasteiger partial charge in [-0.25, -0.2) is 4.79 Å². The zero-order valence-electron chi connectivity index (χ0n) is 12.8. The smallest absolute Gasteiger partial charge is 0.338 e. The summed E-state index contributed by atoms with van der Waals surface area (Å²) in [7, 11) is 0. The van der Waals surface area contributed by atoms with Gasteiger partial charge in [0.1, 0.15) is 0 Å². The van der Waals surface area contributed by atoms with E-state index in [0.717, 1.165) is 5.56 Å². The minimum Gasteiger partial charge on any atom is -0.449 e. The Morgan fingerprint density at radius 1 is 1.22 bits per heavy atom. The SMILES string of the molecule is Cc1cccc(NC(=O)[C@@H](C)OC(=O)c2ccc(Cl)c(N)c2)c1. The molecular weight excluding hydrogens is 316 g/mol. The van der Waals surface area contributed by atoms with Gasteiger partial charge in [0.15, 0.2) is 6.10 Å². The number of carbonyl (C=O) groups is 2. The van der Waals surface area contributed by atoms with Gasteiger partial charge < -0.3 is 15.8 Å². The fourth-order valence-electron chi connectivity index (χ4n) is 1.92. The van der Waals surface area contributed by atoms with Crippen LogP contribution in [0.5, 0.6) is 0 Å². The van der Waals surface area contributed by atoms with Gasteiger partial charge in [0.25, 0.3) is 5.91 Å². The number of aryl methyl sites for hydroxylation is 1. The highest BCUT2D eigenvalue weighted by atomic mass is 35.5. The Bertz CT molecular complexity index is 746. The van der Waals surface area contributed by atoms with Crippen LogP contribution in [0, 0.1) is 6.92 Å². The summed E-state index contributed by atoms with van der Waals surface area (Å²) in [4.78, 5) is 24.1. The zero-order chi connectivity index (χ0) is 17.0. The number of nitrogen functional groups attached to an aromatic ring is 1. The molecule has 120 valence electrons. The molecule has 0 bridgehead atoms. The summed E-state index contributed by atoms with van der Waals surface area (Å²) in [6.07, 6.45) is -0.945. The lowest BCUT2D eigenvalue weighted by molar-refractivity contribution is -0.123. The molecule has 0 spiro atoms. The molecule has 6 heteroatoms. The molecule has 0 saturated heterocycles. The van der Waals surface area contributed by atoms with Crippen molar-refractivity contribution in [3.8, 4) is 0 Å². The molecule has 0 aliphatic rings. The van der Waals surface area contributed by atoms with E-state index in [1.807, 2.05) is 25.1 Å². The molecule has 0 aliphatic heterocycles. The third kappa shape index (κ3) is 4.47. The Morgan fingerprint density at radius 3 is 2.61 bits per heavy atom. The van der Waals surface area contributed by atoms with Crippen molar-refractivity contribution in [2.75, 3.05) is 11.1 Å². The first-order valence-electron chi connectivity index (χ1n) is 7.00. The first-order chi connectivity index (χ1) is 10.9. The highest BCUT2D eigenvalue weighted by molar-refractivity contribution is 6.33. The van der Waals surface area contributed by atoms with Crippen LogP contribution >= 0.6 is 11.6 Å². The number of esters is 1. The summed E-state index contributed by atoms with van der Waals surface area (Å²) in [5.41, 5.74) is 7.82. The van der Waals surface area contributed by atoms with Gasteiger partial charge >= 0.3 is 5.97 Å². The van der Waals surface area contributed by atoms with Crippen molar-refractivity contribution in [2.45, 2.75) is 20.0 Å². The van der Waals surface area contributed by atoms with Gasteiger partial charge in [0, 0.05) is 5.69 Å². The number of rotatable bonds is 4. The summed E-state index contributed by atoms with van der Waals surface area (Å²) in [5, 5.41) is 3.05. The molecule has 2 aromatic rings. The molecule has 2 aromatic carbocycles. The number of amides is 1. The van der Waals surface area contributed by atoms with Crippen molar-refractivity contribution in [3.63, 3.8) is 0 Å². The molecule has 0 aliphatic carbocycles. The monoisotopic (exact) mass is 332 g/mol. The lowest BCUT2D eigenvalue weighted by Crippen LogP contribution is -2.30. The van der Waals surface area contributed by atoms with Crippen LogP contribution in [0.15, 0.2) is 42.5 Å². The van der Waals surface area contributed by atoms with E-state index in [2.05, 4.69) is 5.32 Å². The number of benzene rings is 2. The van der Waals surface area contributed by atoms with E-state index in [-0.39, 0.29) is 11.3 Å². The van der Waals surface area contributed by atoms with Gasteiger partial charge in [-0.2, -0.15) is 0 Å². The van der Waals surface area contributed by atoms with E-state index in [9.17, 15) is 9.59 Å². The number of hydrogen-bond acceptors (Lipinski definition) is 4. The van der Waals surface area contributed by atoms with Crippen LogP contribution in [0.4, 0.5) is 11.4 Å². The molecule has 0 saturated carbocycles. The van der Waals surface area contributed by atoms with E-state index in [0.29, 0.717) is 10.7 Å². The topological polar surface area (TPSA) is 81.4 Å². The Kier molecular flexibility index (Phi) is 5.24. The van der Waals surface area contributed by atoms with Crippen molar-refractivity contribution in [1.29, 1.82) is 0 Å². The molecule has 0 heterocycles. The van der Waals surface area contributed by atoms with E-state index < -0.39 is 18.0 Å². The zero-order valence-corrected chi connectivity index (χ0v) is 13.6. The fraction of sp³-hybridized carbons (Fsp3) is 0.176. The van der Waals surface area contributed by atoms with Gasteiger partial charge in [-0.1, -0.05) is 23.7 Å². The molecule has 0 aromatic heterocycles. The lowest BCUT2D eigenvalue weighted by atomic mass is 10.2. The Hall–Kier alpha value is -2.53. The van der Waals surface area contributed by atoms with E-state index in [1.54, 1.807) is 6.07 Å². The number of nitrogens with one attached hydrogen (secondary N) is 1. The number of anilines is 2. The van der Waals surface area contributed by atoms with Crippen molar-refractivity contribution in [3.05, 3.63) is 58.6 Å². The summed E-state index contributed by atoms with van der Waals surface area (Å²) in [6.45, 7) is 3.42. The lowest BCUT2D eigenvalue weighted by Gasteiger charge is -2.14. The number of nitrogens with two attached hydrogens (primary N) is 1. The normalized spacial score (nSPS) is 11.6. The Labute approximate surface area is 139 Å². The highest BCUT2D eigenvalue weighted by Gasteiger charge is 2.19. The molecule has 2 rings (SSSR count). The van der Waals surface area contributed by atoms with Crippen molar-refractivity contribution in [1.82, 2.24) is 0 Å². The van der Waals surface area contributed by atoms with Crippen LogP contribution in [0.3, 0.4) is 0 Å². The van der Waals surface area contributed by atoms with Crippen molar-refractivity contribution < 1.29 is 14.3 Å². The third-order valence-electron chi connectivity index (χ3n) is 3.17. The number of ether oxygens (including phenoxy) is 1. The maximum absolute atomic E-state index is 12.1. The van der Waals surface area contributed by atoms with Gasteiger partial charge in [-0.15, -0.1) is 0 Å². The summed E-state index contributed by atoms with van der Waals surface area (Å²) in [5.74, 6) is -1.05. The maximum atomic E-state index is 12.1. The molecular formula is C17H17ClN2O3. The molecule has 0 radical (unpaired) electrons. The average Bonchev–Trinajstić information content (AvgIpc) is 2.49. The van der Waals surface area contributed by atoms with Gasteiger partial charge in [-0.3, -0.25) is 4.79 Å². The van der Waals surface area contributed by atoms with Crippen LogP contribution < -0.4 is 11.1 Å². The van der Waals surface area contributed by atoms with Crippen LogP contribution in [0.25, 0.3) is 0 Å². The van der Waals surface area contributed by atoms with E-state index >= 15 is 0 Å². The second-order valence-corrected chi connectivity index (χ2v) is 5.55. The summed E-state index contributed by atoms with van der Waals surface area (Å²) >= 11 is 5.80. The second-order valence-electron chi connectivity index (χ2n) is 5.14. The van der Waals surface area contributed by atoms with Crippen LogP contribution in [0.1, 0.15) is 22.8 Å². The largest absolute Gasteiger partial charge is 0.449 e. The predicted molar refractivity (Wildman–Crippen MR) is 90.6 cm³/mol.